The summed E-state index contributed by atoms with van der Waals surface area (Å²) in [5.74, 6) is -0.0103. The third kappa shape index (κ3) is 2.71. The van der Waals surface area contributed by atoms with Gasteiger partial charge in [-0.15, -0.1) is 11.6 Å². The minimum Gasteiger partial charge on any atom is -0.440 e. The van der Waals surface area contributed by atoms with Crippen molar-refractivity contribution in [1.82, 2.24) is 5.32 Å². The molecular weight excluding hydrogens is 249 g/mol. The van der Waals surface area contributed by atoms with E-state index in [9.17, 15) is 4.79 Å². The molecule has 0 radical (unpaired) electrons. The number of furan rings is 1. The normalized spacial score (nSPS) is 25.4. The van der Waals surface area contributed by atoms with E-state index in [-0.39, 0.29) is 28.3 Å². The highest BCUT2D eigenvalue weighted by atomic mass is 35.5. The van der Waals surface area contributed by atoms with E-state index in [0.717, 1.165) is 25.7 Å². The van der Waals surface area contributed by atoms with Gasteiger partial charge in [-0.05, 0) is 36.6 Å². The molecule has 2 atom stereocenters. The van der Waals surface area contributed by atoms with Gasteiger partial charge in [-0.25, -0.2) is 0 Å². The highest BCUT2D eigenvalue weighted by Crippen LogP contribution is 2.23. The summed E-state index contributed by atoms with van der Waals surface area (Å²) in [4.78, 5) is 11.7. The molecular formula is C11H13Cl2NO2. The number of amides is 1. The maximum Gasteiger partial charge on any atom is 0.287 e. The van der Waals surface area contributed by atoms with E-state index in [2.05, 4.69) is 5.32 Å². The highest BCUT2D eigenvalue weighted by molar-refractivity contribution is 6.29. The van der Waals surface area contributed by atoms with E-state index < -0.39 is 0 Å². The van der Waals surface area contributed by atoms with Crippen molar-refractivity contribution >= 4 is 29.1 Å². The average molecular weight is 262 g/mol. The second kappa shape index (κ2) is 5.11. The van der Waals surface area contributed by atoms with Crippen molar-refractivity contribution in [3.05, 3.63) is 23.1 Å². The number of carbonyl (C=O) groups is 1. The first kappa shape index (κ1) is 11.8. The van der Waals surface area contributed by atoms with Gasteiger partial charge < -0.3 is 9.73 Å². The molecule has 0 spiro atoms. The molecule has 1 aromatic rings. The van der Waals surface area contributed by atoms with Gasteiger partial charge in [0.25, 0.3) is 5.91 Å². The lowest BCUT2D eigenvalue weighted by atomic mass is 9.95. The van der Waals surface area contributed by atoms with Crippen molar-refractivity contribution in [1.29, 1.82) is 0 Å². The van der Waals surface area contributed by atoms with Crippen LogP contribution < -0.4 is 5.32 Å². The van der Waals surface area contributed by atoms with Gasteiger partial charge in [-0.3, -0.25) is 4.79 Å². The van der Waals surface area contributed by atoms with Gasteiger partial charge in [0.15, 0.2) is 11.0 Å². The van der Waals surface area contributed by atoms with Crippen LogP contribution in [0.5, 0.6) is 0 Å². The number of nitrogens with one attached hydrogen (secondary N) is 1. The van der Waals surface area contributed by atoms with Crippen molar-refractivity contribution in [3.63, 3.8) is 0 Å². The van der Waals surface area contributed by atoms with Crippen LogP contribution in [0.2, 0.25) is 5.22 Å². The molecule has 16 heavy (non-hydrogen) atoms. The second-order valence-corrected chi connectivity index (χ2v) is 4.92. The van der Waals surface area contributed by atoms with Crippen LogP contribution in [0.3, 0.4) is 0 Å². The van der Waals surface area contributed by atoms with Crippen molar-refractivity contribution in [2.24, 2.45) is 0 Å². The van der Waals surface area contributed by atoms with E-state index in [1.165, 1.54) is 0 Å². The maximum absolute atomic E-state index is 11.7. The van der Waals surface area contributed by atoms with E-state index in [0.29, 0.717) is 0 Å². The van der Waals surface area contributed by atoms with E-state index in [4.69, 9.17) is 27.6 Å². The summed E-state index contributed by atoms with van der Waals surface area (Å²) in [6.45, 7) is 0. The predicted molar refractivity (Wildman–Crippen MR) is 63.1 cm³/mol. The third-order valence-electron chi connectivity index (χ3n) is 2.80. The molecule has 2 unspecified atom stereocenters. The Labute approximate surface area is 104 Å². The molecule has 1 N–H and O–H groups in total. The smallest absolute Gasteiger partial charge is 0.287 e. The molecule has 1 aliphatic carbocycles. The van der Waals surface area contributed by atoms with Crippen molar-refractivity contribution in [3.8, 4) is 0 Å². The second-order valence-electron chi connectivity index (χ2n) is 3.98. The van der Waals surface area contributed by atoms with E-state index >= 15 is 0 Å². The van der Waals surface area contributed by atoms with Gasteiger partial charge >= 0.3 is 0 Å². The van der Waals surface area contributed by atoms with Crippen LogP contribution in [0.25, 0.3) is 0 Å². The Bertz CT molecular complexity index is 378. The summed E-state index contributed by atoms with van der Waals surface area (Å²) in [7, 11) is 0. The molecule has 0 bridgehead atoms. The molecule has 1 amide bonds. The number of alkyl halides is 1. The lowest BCUT2D eigenvalue weighted by molar-refractivity contribution is 0.0900. The molecule has 0 aromatic carbocycles. The molecule has 1 aromatic heterocycles. The Hall–Kier alpha value is -0.670. The molecule has 1 saturated carbocycles. The fourth-order valence-corrected chi connectivity index (χ4v) is 2.41. The van der Waals surface area contributed by atoms with Crippen LogP contribution in [-0.4, -0.2) is 17.3 Å². The Morgan fingerprint density at radius 3 is 2.75 bits per heavy atom. The predicted octanol–water partition coefficient (Wildman–Crippen LogP) is 3.21. The van der Waals surface area contributed by atoms with E-state index in [1.54, 1.807) is 12.1 Å². The molecule has 3 nitrogen and oxygen atoms in total. The zero-order chi connectivity index (χ0) is 11.5. The monoisotopic (exact) mass is 261 g/mol. The first-order valence-corrected chi connectivity index (χ1v) is 6.18. The van der Waals surface area contributed by atoms with Crippen LogP contribution in [0, 0.1) is 0 Å². The van der Waals surface area contributed by atoms with Gasteiger partial charge in [-0.1, -0.05) is 12.8 Å². The number of halogens is 2. The molecule has 0 aliphatic heterocycles. The van der Waals surface area contributed by atoms with Gasteiger partial charge in [-0.2, -0.15) is 0 Å². The first-order chi connectivity index (χ1) is 7.66. The van der Waals surface area contributed by atoms with Crippen molar-refractivity contribution < 1.29 is 9.21 Å². The van der Waals surface area contributed by atoms with Gasteiger partial charge in [0.2, 0.25) is 0 Å². The summed E-state index contributed by atoms with van der Waals surface area (Å²) in [5.41, 5.74) is 0. The van der Waals surface area contributed by atoms with Gasteiger partial charge in [0, 0.05) is 6.04 Å². The fraction of sp³-hybridized carbons (Fsp3) is 0.545. The number of hydrogen-bond donors (Lipinski definition) is 1. The summed E-state index contributed by atoms with van der Waals surface area (Å²) in [6, 6.07) is 3.14. The summed E-state index contributed by atoms with van der Waals surface area (Å²) >= 11 is 11.8. The zero-order valence-corrected chi connectivity index (χ0v) is 10.2. The molecule has 1 fully saturated rings. The zero-order valence-electron chi connectivity index (χ0n) is 8.71. The quantitative estimate of drug-likeness (QED) is 0.831. The van der Waals surface area contributed by atoms with E-state index in [1.807, 2.05) is 0 Å². The molecule has 88 valence electrons. The molecule has 1 heterocycles. The topological polar surface area (TPSA) is 42.2 Å². The first-order valence-electron chi connectivity index (χ1n) is 5.37. The standard InChI is InChI=1S/C11H13Cl2NO2/c12-7-3-1-2-4-8(7)14-11(15)9-5-6-10(13)16-9/h5-8H,1-4H2,(H,14,15). The number of carbonyl (C=O) groups excluding carboxylic acids is 1. The minimum absolute atomic E-state index is 0.0168. The molecule has 5 heteroatoms. The summed E-state index contributed by atoms with van der Waals surface area (Å²) < 4.78 is 5.03. The Kier molecular flexibility index (Phi) is 3.77. The molecule has 2 rings (SSSR count). The Balaban J connectivity index is 1.96. The summed E-state index contributed by atoms with van der Waals surface area (Å²) in [5, 5.41) is 3.11. The SMILES string of the molecule is O=C(NC1CCCCC1Cl)c1ccc(Cl)o1. The van der Waals surface area contributed by atoms with Gasteiger partial charge in [0.1, 0.15) is 0 Å². The largest absolute Gasteiger partial charge is 0.440 e. The van der Waals surface area contributed by atoms with Crippen molar-refractivity contribution in [2.75, 3.05) is 0 Å². The maximum atomic E-state index is 11.7. The van der Waals surface area contributed by atoms with Crippen molar-refractivity contribution in [2.45, 2.75) is 37.1 Å². The Morgan fingerprint density at radius 1 is 1.38 bits per heavy atom. The lowest BCUT2D eigenvalue weighted by Crippen LogP contribution is -2.42. The lowest BCUT2D eigenvalue weighted by Gasteiger charge is -2.27. The van der Waals surface area contributed by atoms with Crippen LogP contribution in [0.1, 0.15) is 36.2 Å². The average Bonchev–Trinajstić information content (AvgIpc) is 2.68. The fourth-order valence-electron chi connectivity index (χ4n) is 1.92. The molecule has 1 aliphatic rings. The van der Waals surface area contributed by atoms with Crippen LogP contribution in [0.15, 0.2) is 16.5 Å². The van der Waals surface area contributed by atoms with Crippen LogP contribution in [0.4, 0.5) is 0 Å². The molecule has 0 saturated heterocycles. The van der Waals surface area contributed by atoms with Crippen LogP contribution in [-0.2, 0) is 0 Å². The van der Waals surface area contributed by atoms with Crippen LogP contribution >= 0.6 is 23.2 Å². The highest BCUT2D eigenvalue weighted by Gasteiger charge is 2.25. The number of hydrogen-bond acceptors (Lipinski definition) is 2. The van der Waals surface area contributed by atoms with Gasteiger partial charge in [0.05, 0.1) is 5.38 Å². The Morgan fingerprint density at radius 2 is 2.12 bits per heavy atom. The third-order valence-corrected chi connectivity index (χ3v) is 3.52. The summed E-state index contributed by atoms with van der Waals surface area (Å²) in [6.07, 6.45) is 4.11. The number of rotatable bonds is 2. The minimum atomic E-state index is -0.246.